The molecule has 0 aliphatic heterocycles. The van der Waals surface area contributed by atoms with Gasteiger partial charge in [-0.25, -0.2) is 14.3 Å². The molecule has 1 fully saturated rings. The van der Waals surface area contributed by atoms with E-state index < -0.39 is 0 Å². The Kier molecular flexibility index (Phi) is 4.02. The molecule has 0 bridgehead atoms. The third-order valence-corrected chi connectivity index (χ3v) is 5.62. The van der Waals surface area contributed by atoms with Gasteiger partial charge in [0.2, 0.25) is 0 Å². The van der Waals surface area contributed by atoms with Gasteiger partial charge in [0.1, 0.15) is 0 Å². The van der Waals surface area contributed by atoms with Crippen molar-refractivity contribution < 1.29 is 0 Å². The van der Waals surface area contributed by atoms with Crippen LogP contribution in [0, 0.1) is 0 Å². The summed E-state index contributed by atoms with van der Waals surface area (Å²) in [6, 6.07) is 19.3. The van der Waals surface area contributed by atoms with Crippen LogP contribution in [0.15, 0.2) is 59.4 Å². The highest BCUT2D eigenvalue weighted by molar-refractivity contribution is 5.97. The quantitative estimate of drug-likeness (QED) is 0.582. The molecule has 2 heterocycles. The smallest absolute Gasteiger partial charge is 0.310 e. The molecule has 2 aromatic carbocycles. The predicted octanol–water partition coefficient (Wildman–Crippen LogP) is 3.88. The average molecular weight is 358 g/mol. The number of hydrogen-bond donors (Lipinski definition) is 2. The molecule has 5 rings (SSSR count). The molecule has 0 saturated heterocycles. The van der Waals surface area contributed by atoms with Crippen molar-refractivity contribution in [3.8, 4) is 11.1 Å². The molecule has 0 atom stereocenters. The molecule has 4 aromatic rings. The Morgan fingerprint density at radius 1 is 1.07 bits per heavy atom. The van der Waals surface area contributed by atoms with Gasteiger partial charge in [0, 0.05) is 18.0 Å². The van der Waals surface area contributed by atoms with Gasteiger partial charge in [-0.05, 0) is 41.7 Å². The molecule has 5 heteroatoms. The number of aromatic nitrogens is 3. The lowest BCUT2D eigenvalue weighted by molar-refractivity contribution is 0.524. The third kappa shape index (κ3) is 2.94. The van der Waals surface area contributed by atoms with Crippen molar-refractivity contribution in [2.24, 2.45) is 0 Å². The Balaban J connectivity index is 1.51. The highest BCUT2D eigenvalue weighted by atomic mass is 16.1. The molecule has 0 spiro atoms. The van der Waals surface area contributed by atoms with E-state index in [2.05, 4.69) is 45.8 Å². The molecular weight excluding hydrogens is 336 g/mol. The highest BCUT2D eigenvalue weighted by Gasteiger charge is 2.14. The first-order valence-electron chi connectivity index (χ1n) is 9.61. The Morgan fingerprint density at radius 2 is 1.85 bits per heavy atom. The van der Waals surface area contributed by atoms with Crippen molar-refractivity contribution in [2.75, 3.05) is 0 Å². The zero-order valence-electron chi connectivity index (χ0n) is 15.1. The summed E-state index contributed by atoms with van der Waals surface area (Å²) in [5.74, 6) is 0. The molecule has 2 N–H and O–H groups in total. The summed E-state index contributed by atoms with van der Waals surface area (Å²) in [5.41, 5.74) is 4.82. The van der Waals surface area contributed by atoms with Crippen molar-refractivity contribution in [1.82, 2.24) is 19.9 Å². The molecule has 1 saturated carbocycles. The Hall–Kier alpha value is -2.92. The van der Waals surface area contributed by atoms with Crippen LogP contribution < -0.4 is 11.0 Å². The molecule has 0 unspecified atom stereocenters. The number of fused-ring (bicyclic) bond motifs is 3. The van der Waals surface area contributed by atoms with Crippen LogP contribution in [0.25, 0.3) is 27.7 Å². The molecule has 136 valence electrons. The van der Waals surface area contributed by atoms with Crippen molar-refractivity contribution >= 4 is 16.6 Å². The minimum atomic E-state index is -0.207. The number of hydrogen-bond acceptors (Lipinski definition) is 3. The molecule has 0 radical (unpaired) electrons. The second-order valence-electron chi connectivity index (χ2n) is 7.36. The first-order chi connectivity index (χ1) is 13.3. The minimum Gasteiger partial charge on any atom is -0.310 e. The molecule has 5 nitrogen and oxygen atoms in total. The van der Waals surface area contributed by atoms with Crippen LogP contribution in [0.4, 0.5) is 0 Å². The van der Waals surface area contributed by atoms with Crippen LogP contribution in [0.1, 0.15) is 31.2 Å². The fourth-order valence-corrected chi connectivity index (χ4v) is 4.18. The Bertz CT molecular complexity index is 1150. The molecule has 2 aromatic heterocycles. The molecule has 1 aliphatic carbocycles. The number of nitrogens with zero attached hydrogens (tertiary/aromatic N) is 2. The van der Waals surface area contributed by atoms with Gasteiger partial charge < -0.3 is 5.32 Å². The summed E-state index contributed by atoms with van der Waals surface area (Å²) in [6.07, 6.45) is 5.30. The van der Waals surface area contributed by atoms with Crippen LogP contribution in [0.2, 0.25) is 0 Å². The number of pyridine rings is 1. The van der Waals surface area contributed by atoms with Crippen molar-refractivity contribution in [1.29, 1.82) is 0 Å². The largest absolute Gasteiger partial charge is 0.348 e. The van der Waals surface area contributed by atoms with E-state index in [-0.39, 0.29) is 5.69 Å². The molecule has 1 aliphatic rings. The normalized spacial score (nSPS) is 15.1. The maximum atomic E-state index is 12.1. The monoisotopic (exact) mass is 358 g/mol. The Labute approximate surface area is 157 Å². The van der Waals surface area contributed by atoms with Gasteiger partial charge >= 0.3 is 5.69 Å². The highest BCUT2D eigenvalue weighted by Crippen LogP contribution is 2.29. The lowest BCUT2D eigenvalue weighted by atomic mass is 10.00. The van der Waals surface area contributed by atoms with Crippen molar-refractivity contribution in [3.63, 3.8) is 0 Å². The second kappa shape index (κ2) is 6.67. The summed E-state index contributed by atoms with van der Waals surface area (Å²) < 4.78 is 1.62. The van der Waals surface area contributed by atoms with Crippen molar-refractivity contribution in [2.45, 2.75) is 38.3 Å². The first-order valence-corrected chi connectivity index (χ1v) is 9.61. The zero-order chi connectivity index (χ0) is 18.2. The second-order valence-corrected chi connectivity index (χ2v) is 7.36. The number of aromatic amines is 1. The fourth-order valence-electron chi connectivity index (χ4n) is 4.18. The van der Waals surface area contributed by atoms with E-state index in [1.165, 1.54) is 31.2 Å². The van der Waals surface area contributed by atoms with E-state index in [1.807, 2.05) is 24.3 Å². The summed E-state index contributed by atoms with van der Waals surface area (Å²) in [7, 11) is 0. The molecular formula is C22H22N4O. The lowest BCUT2D eigenvalue weighted by Crippen LogP contribution is -2.25. The Morgan fingerprint density at radius 3 is 2.67 bits per heavy atom. The number of benzene rings is 2. The predicted molar refractivity (Wildman–Crippen MR) is 108 cm³/mol. The average Bonchev–Trinajstić information content (AvgIpc) is 3.36. The van der Waals surface area contributed by atoms with E-state index in [4.69, 9.17) is 0 Å². The minimum absolute atomic E-state index is 0.207. The van der Waals surface area contributed by atoms with Gasteiger partial charge in [-0.3, -0.25) is 0 Å². The topological polar surface area (TPSA) is 62.2 Å². The van der Waals surface area contributed by atoms with E-state index in [0.29, 0.717) is 11.7 Å². The van der Waals surface area contributed by atoms with Gasteiger partial charge in [-0.2, -0.15) is 5.10 Å². The van der Waals surface area contributed by atoms with Crippen LogP contribution in [0.5, 0.6) is 0 Å². The third-order valence-electron chi connectivity index (χ3n) is 5.62. The number of nitrogens with one attached hydrogen (secondary N) is 2. The number of para-hydroxylation sites is 1. The van der Waals surface area contributed by atoms with Gasteiger partial charge in [-0.15, -0.1) is 0 Å². The van der Waals surface area contributed by atoms with Crippen LogP contribution in [0.3, 0.4) is 0 Å². The summed E-state index contributed by atoms with van der Waals surface area (Å²) >= 11 is 0. The van der Waals surface area contributed by atoms with E-state index in [1.54, 1.807) is 4.40 Å². The van der Waals surface area contributed by atoms with Gasteiger partial charge in [0.15, 0.2) is 5.65 Å². The van der Waals surface area contributed by atoms with E-state index in [9.17, 15) is 4.79 Å². The lowest BCUT2D eigenvalue weighted by Gasteiger charge is -2.13. The van der Waals surface area contributed by atoms with E-state index in [0.717, 1.165) is 28.6 Å². The SMILES string of the molecule is O=c1[nH]nc2cc(-c3ccc(CNC4CCCC4)cc3)c3ccccc3n12. The van der Waals surface area contributed by atoms with Gasteiger partial charge in [-0.1, -0.05) is 55.3 Å². The van der Waals surface area contributed by atoms with Gasteiger partial charge in [0.25, 0.3) is 0 Å². The maximum absolute atomic E-state index is 12.1. The fraction of sp³-hybridized carbons (Fsp3) is 0.273. The van der Waals surface area contributed by atoms with Crippen LogP contribution >= 0.6 is 0 Å². The van der Waals surface area contributed by atoms with Crippen LogP contribution in [-0.2, 0) is 6.54 Å². The maximum Gasteiger partial charge on any atom is 0.348 e. The summed E-state index contributed by atoms with van der Waals surface area (Å²) in [6.45, 7) is 0.916. The summed E-state index contributed by atoms with van der Waals surface area (Å²) in [5, 5.41) is 11.4. The van der Waals surface area contributed by atoms with Gasteiger partial charge in [0.05, 0.1) is 5.52 Å². The van der Waals surface area contributed by atoms with Crippen molar-refractivity contribution in [3.05, 3.63) is 70.6 Å². The zero-order valence-corrected chi connectivity index (χ0v) is 15.1. The van der Waals surface area contributed by atoms with E-state index >= 15 is 0 Å². The number of H-pyrrole nitrogens is 1. The first kappa shape index (κ1) is 16.3. The summed E-state index contributed by atoms with van der Waals surface area (Å²) in [4.78, 5) is 12.1. The van der Waals surface area contributed by atoms with Crippen LogP contribution in [-0.4, -0.2) is 20.6 Å². The standard InChI is InChI=1S/C22H22N4O/c27-22-25-24-21-13-19(18-7-3-4-8-20(18)26(21)22)16-11-9-15(10-12-16)14-23-17-5-1-2-6-17/h3-4,7-13,17,23H,1-2,5-6,14H2,(H,25,27). The molecule has 27 heavy (non-hydrogen) atoms. The number of rotatable bonds is 4. The molecule has 0 amide bonds.